The summed E-state index contributed by atoms with van der Waals surface area (Å²) in [5.41, 5.74) is 3.30. The number of halogens is 1. The summed E-state index contributed by atoms with van der Waals surface area (Å²) in [5.74, 6) is 0.430. The van der Waals surface area contributed by atoms with Crippen LogP contribution in [0.25, 0.3) is 6.08 Å². The Morgan fingerprint density at radius 1 is 1.14 bits per heavy atom. The number of nitrogens with zero attached hydrogens (tertiary/aromatic N) is 3. The first-order chi connectivity index (χ1) is 14.0. The number of aliphatic imine (C=N–C) groups is 1. The van der Waals surface area contributed by atoms with Crippen LogP contribution in [0.5, 0.6) is 5.75 Å². The van der Waals surface area contributed by atoms with E-state index >= 15 is 0 Å². The first kappa shape index (κ1) is 19.0. The van der Waals surface area contributed by atoms with Gasteiger partial charge in [-0.2, -0.15) is 5.10 Å². The number of hydrogen-bond acceptors (Lipinski definition) is 5. The van der Waals surface area contributed by atoms with Gasteiger partial charge >= 0.3 is 5.97 Å². The van der Waals surface area contributed by atoms with Gasteiger partial charge in [-0.1, -0.05) is 41.9 Å². The number of rotatable bonds is 5. The lowest BCUT2D eigenvalue weighted by Crippen LogP contribution is -2.05. The number of methoxy groups -OCH3 is 1. The van der Waals surface area contributed by atoms with Crippen LogP contribution < -0.4 is 4.74 Å². The molecule has 7 heteroatoms. The van der Waals surface area contributed by atoms with Gasteiger partial charge in [-0.15, -0.1) is 0 Å². The van der Waals surface area contributed by atoms with E-state index in [4.69, 9.17) is 21.1 Å². The average Bonchev–Trinajstić information content (AvgIpc) is 3.23. The molecule has 3 aromatic rings. The molecule has 29 heavy (non-hydrogen) atoms. The number of esters is 1. The summed E-state index contributed by atoms with van der Waals surface area (Å²) < 4.78 is 12.2. The minimum Gasteiger partial charge on any atom is -0.497 e. The number of ether oxygens (including phenoxy) is 2. The molecule has 0 unspecified atom stereocenters. The van der Waals surface area contributed by atoms with Crippen molar-refractivity contribution >= 4 is 29.5 Å². The van der Waals surface area contributed by atoms with E-state index in [0.29, 0.717) is 34.3 Å². The van der Waals surface area contributed by atoms with E-state index in [2.05, 4.69) is 10.1 Å². The van der Waals surface area contributed by atoms with Crippen LogP contribution in [0.4, 0.5) is 0 Å². The second-order valence-corrected chi connectivity index (χ2v) is 6.86. The predicted octanol–water partition coefficient (Wildman–Crippen LogP) is 4.25. The summed E-state index contributed by atoms with van der Waals surface area (Å²) in [4.78, 5) is 16.6. The molecule has 0 spiro atoms. The first-order valence-electron chi connectivity index (χ1n) is 8.99. The maximum absolute atomic E-state index is 12.3. The molecule has 2 aromatic carbocycles. The van der Waals surface area contributed by atoms with Crippen molar-refractivity contribution in [1.82, 2.24) is 9.78 Å². The van der Waals surface area contributed by atoms with E-state index in [1.165, 1.54) is 0 Å². The zero-order chi connectivity index (χ0) is 20.4. The fourth-order valence-electron chi connectivity index (χ4n) is 3.00. The Morgan fingerprint density at radius 2 is 1.86 bits per heavy atom. The second-order valence-electron chi connectivity index (χ2n) is 6.50. The third kappa shape index (κ3) is 3.93. The van der Waals surface area contributed by atoms with Gasteiger partial charge in [0, 0.05) is 11.1 Å². The molecule has 1 aromatic heterocycles. The molecule has 4 rings (SSSR count). The van der Waals surface area contributed by atoms with E-state index in [1.807, 2.05) is 37.3 Å². The maximum Gasteiger partial charge on any atom is 0.363 e. The van der Waals surface area contributed by atoms with Gasteiger partial charge in [0.1, 0.15) is 10.9 Å². The molecule has 1 aliphatic heterocycles. The lowest BCUT2D eigenvalue weighted by atomic mass is 10.2. The molecule has 0 radical (unpaired) electrons. The van der Waals surface area contributed by atoms with Crippen molar-refractivity contribution in [1.29, 1.82) is 0 Å². The molecule has 146 valence electrons. The van der Waals surface area contributed by atoms with Crippen molar-refractivity contribution in [3.05, 3.63) is 87.8 Å². The maximum atomic E-state index is 12.3. The number of aromatic nitrogens is 2. The Hall–Kier alpha value is -3.38. The molecular formula is C22H18ClN3O3. The normalized spacial score (nSPS) is 14.8. The molecule has 1 aliphatic rings. The smallest absolute Gasteiger partial charge is 0.363 e. The lowest BCUT2D eigenvalue weighted by Gasteiger charge is -2.03. The van der Waals surface area contributed by atoms with Crippen molar-refractivity contribution in [2.45, 2.75) is 13.5 Å². The van der Waals surface area contributed by atoms with E-state index < -0.39 is 5.97 Å². The number of carbonyl (C=O) groups is 1. The van der Waals surface area contributed by atoms with Crippen LogP contribution in [0.1, 0.15) is 22.4 Å². The highest BCUT2D eigenvalue weighted by atomic mass is 35.5. The highest BCUT2D eigenvalue weighted by molar-refractivity contribution is 6.31. The van der Waals surface area contributed by atoms with E-state index in [0.717, 1.165) is 5.56 Å². The summed E-state index contributed by atoms with van der Waals surface area (Å²) in [5, 5.41) is 4.94. The largest absolute Gasteiger partial charge is 0.497 e. The van der Waals surface area contributed by atoms with Crippen molar-refractivity contribution in [2.75, 3.05) is 7.11 Å². The third-order valence-electron chi connectivity index (χ3n) is 4.52. The first-order valence-corrected chi connectivity index (χ1v) is 9.37. The van der Waals surface area contributed by atoms with Gasteiger partial charge in [-0.3, -0.25) is 0 Å². The van der Waals surface area contributed by atoms with Crippen molar-refractivity contribution in [2.24, 2.45) is 4.99 Å². The molecule has 0 saturated carbocycles. The Balaban J connectivity index is 1.63. The van der Waals surface area contributed by atoms with Crippen molar-refractivity contribution in [3.63, 3.8) is 0 Å². The minimum atomic E-state index is -0.526. The van der Waals surface area contributed by atoms with Crippen LogP contribution in [0.15, 0.2) is 65.3 Å². The number of carbonyl (C=O) groups excluding carboxylic acids is 1. The molecule has 0 bridgehead atoms. The SMILES string of the molecule is COc1ccc(C2=NC(=Cc3c(C)nn(Cc4ccccc4)c3Cl)C(=O)O2)cc1. The number of cyclic esters (lactones) is 1. The van der Waals surface area contributed by atoms with E-state index in [1.54, 1.807) is 42.1 Å². The van der Waals surface area contributed by atoms with Crippen LogP contribution in [-0.2, 0) is 16.1 Å². The van der Waals surface area contributed by atoms with Crippen LogP contribution >= 0.6 is 11.6 Å². The highest BCUT2D eigenvalue weighted by Crippen LogP contribution is 2.26. The van der Waals surface area contributed by atoms with E-state index in [9.17, 15) is 4.79 Å². The Labute approximate surface area is 173 Å². The quantitative estimate of drug-likeness (QED) is 0.468. The van der Waals surface area contributed by atoms with Gasteiger partial charge in [-0.05, 0) is 42.8 Å². The molecule has 0 N–H and O–H groups in total. The van der Waals surface area contributed by atoms with Gasteiger partial charge in [0.15, 0.2) is 5.70 Å². The van der Waals surface area contributed by atoms with Gasteiger partial charge in [0.2, 0.25) is 5.90 Å². The number of benzene rings is 2. The summed E-state index contributed by atoms with van der Waals surface area (Å²) in [6, 6.07) is 17.0. The van der Waals surface area contributed by atoms with Gasteiger partial charge < -0.3 is 9.47 Å². The van der Waals surface area contributed by atoms with Gasteiger partial charge in [0.25, 0.3) is 0 Å². The monoisotopic (exact) mass is 407 g/mol. The molecule has 2 heterocycles. The van der Waals surface area contributed by atoms with E-state index in [-0.39, 0.29) is 11.6 Å². The van der Waals surface area contributed by atoms with Gasteiger partial charge in [0.05, 0.1) is 19.3 Å². The summed E-state index contributed by atoms with van der Waals surface area (Å²) >= 11 is 6.53. The zero-order valence-corrected chi connectivity index (χ0v) is 16.7. The minimum absolute atomic E-state index is 0.181. The Kier molecular flexibility index (Phi) is 5.18. The molecule has 0 fully saturated rings. The van der Waals surface area contributed by atoms with Crippen LogP contribution in [0.2, 0.25) is 5.15 Å². The highest BCUT2D eigenvalue weighted by Gasteiger charge is 2.25. The number of aryl methyl sites for hydroxylation is 1. The Morgan fingerprint density at radius 3 is 2.55 bits per heavy atom. The van der Waals surface area contributed by atoms with Crippen LogP contribution in [0.3, 0.4) is 0 Å². The Bertz CT molecular complexity index is 1120. The van der Waals surface area contributed by atoms with Gasteiger partial charge in [-0.25, -0.2) is 14.5 Å². The standard InChI is InChI=1S/C22H18ClN3O3/c1-14-18(20(23)26(25-14)13-15-6-4-3-5-7-15)12-19-22(27)29-21(24-19)16-8-10-17(28-2)11-9-16/h3-12H,13H2,1-2H3. The average molecular weight is 408 g/mol. The fraction of sp³-hybridized carbons (Fsp3) is 0.136. The third-order valence-corrected chi connectivity index (χ3v) is 4.92. The lowest BCUT2D eigenvalue weighted by molar-refractivity contribution is -0.129. The summed E-state index contributed by atoms with van der Waals surface area (Å²) in [6.45, 7) is 2.38. The van der Waals surface area contributed by atoms with Crippen LogP contribution in [-0.4, -0.2) is 28.8 Å². The topological polar surface area (TPSA) is 65.7 Å². The molecule has 0 aliphatic carbocycles. The zero-order valence-electron chi connectivity index (χ0n) is 15.9. The van der Waals surface area contributed by atoms with Crippen molar-refractivity contribution in [3.8, 4) is 5.75 Å². The number of hydrogen-bond donors (Lipinski definition) is 0. The molecule has 0 amide bonds. The molecule has 6 nitrogen and oxygen atoms in total. The molecular weight excluding hydrogens is 390 g/mol. The summed E-state index contributed by atoms with van der Waals surface area (Å²) in [7, 11) is 1.59. The second kappa shape index (κ2) is 7.93. The van der Waals surface area contributed by atoms with Crippen molar-refractivity contribution < 1.29 is 14.3 Å². The van der Waals surface area contributed by atoms with Crippen LogP contribution in [0, 0.1) is 6.92 Å². The summed E-state index contributed by atoms with van der Waals surface area (Å²) in [6.07, 6.45) is 1.62. The molecule has 0 saturated heterocycles. The predicted molar refractivity (Wildman–Crippen MR) is 111 cm³/mol. The fourth-order valence-corrected chi connectivity index (χ4v) is 3.28. The molecule has 0 atom stereocenters.